The maximum atomic E-state index is 11.1. The molecule has 0 radical (unpaired) electrons. The molecular formula is C79H112N6O15P4. The molecule has 0 saturated heterocycles. The number of aromatic nitrogens is 5. The maximum Gasteiger partial charge on any atom is 0.402 e. The fraction of sp³-hybridized carbons (Fsp3) is 0.253. The van der Waals surface area contributed by atoms with Crippen molar-refractivity contribution in [3.05, 3.63) is 322 Å². The molecule has 5 aromatic carbocycles. The Labute approximate surface area is 623 Å². The summed E-state index contributed by atoms with van der Waals surface area (Å²) in [5.41, 5.74) is 0. The van der Waals surface area contributed by atoms with Gasteiger partial charge in [0, 0.05) is 57.2 Å². The van der Waals surface area contributed by atoms with E-state index < -0.39 is 15.2 Å². The highest BCUT2D eigenvalue weighted by atomic mass is 31.2. The molecule has 1 N–H and O–H groups in total. The van der Waals surface area contributed by atoms with E-state index in [1.54, 1.807) is 42.7 Å². The summed E-state index contributed by atoms with van der Waals surface area (Å²) in [7, 11) is -4.04. The maximum absolute atomic E-state index is 11.1. The van der Waals surface area contributed by atoms with Crippen LogP contribution >= 0.6 is 31.0 Å². The predicted octanol–water partition coefficient (Wildman–Crippen LogP) is 18.6. The molecular weight excluding hydrogens is 1400 g/mol. The molecule has 0 aliphatic rings. The average Bonchev–Trinajstić information content (AvgIpc) is 0.879. The summed E-state index contributed by atoms with van der Waals surface area (Å²) in [6.07, 6.45) is 15.4. The first-order valence-corrected chi connectivity index (χ1v) is 38.8. The zero-order chi connectivity index (χ0) is 78.0. The molecule has 0 fully saturated rings. The summed E-state index contributed by atoms with van der Waals surface area (Å²) < 4.78 is 83.9. The van der Waals surface area contributed by atoms with Crippen LogP contribution in [-0.4, -0.2) is 134 Å². The number of rotatable bonds is 39. The molecule has 0 saturated carbocycles. The Kier molecular flexibility index (Phi) is 67.7. The number of aliphatic hydroxyl groups is 1. The molecule has 568 valence electrons. The van der Waals surface area contributed by atoms with Gasteiger partial charge in [-0.05, 0) is 103 Å². The van der Waals surface area contributed by atoms with Crippen molar-refractivity contribution in [2.45, 2.75) is 34.6 Å². The molecule has 0 amide bonds. The number of likely N-dealkylation sites (N-methyl/N-ethyl adjacent to an activating group) is 1. The first-order chi connectivity index (χ1) is 50.4. The van der Waals surface area contributed by atoms with Gasteiger partial charge in [-0.3, -0.25) is 9.09 Å². The van der Waals surface area contributed by atoms with Gasteiger partial charge in [-0.25, -0.2) is 19.2 Å². The Morgan fingerprint density at radius 2 is 0.971 bits per heavy atom. The Hall–Kier alpha value is -9.03. The Morgan fingerprint density at radius 1 is 0.519 bits per heavy atom. The topological polar surface area (TPSA) is 217 Å². The van der Waals surface area contributed by atoms with E-state index in [4.69, 9.17) is 47.5 Å². The number of ether oxygens (including phenoxy) is 8. The summed E-state index contributed by atoms with van der Waals surface area (Å²) >= 11 is 0. The predicted molar refractivity (Wildman–Crippen MR) is 435 cm³/mol. The van der Waals surface area contributed by atoms with E-state index in [0.29, 0.717) is 70.3 Å². The third-order valence-corrected chi connectivity index (χ3v) is 18.4. The smallest absolute Gasteiger partial charge is 0.402 e. The zero-order valence-electron chi connectivity index (χ0n) is 61.9. The van der Waals surface area contributed by atoms with Crippen molar-refractivity contribution in [2.24, 2.45) is 0 Å². The molecule has 7 rings (SSSR count). The minimum absolute atomic E-state index is 0.0636. The van der Waals surface area contributed by atoms with E-state index >= 15 is 0 Å². The van der Waals surface area contributed by atoms with Crippen LogP contribution in [0.4, 0.5) is 0 Å². The molecule has 2 aromatic heterocycles. The lowest BCUT2D eigenvalue weighted by molar-refractivity contribution is 0.0486. The van der Waals surface area contributed by atoms with Gasteiger partial charge < -0.3 is 66.0 Å². The van der Waals surface area contributed by atoms with Gasteiger partial charge in [0.1, 0.15) is 37.4 Å². The van der Waals surface area contributed by atoms with Gasteiger partial charge >= 0.3 is 15.2 Å². The van der Waals surface area contributed by atoms with Gasteiger partial charge in [0.15, 0.2) is 0 Å². The Morgan fingerprint density at radius 3 is 1.27 bits per heavy atom. The van der Waals surface area contributed by atoms with Crippen molar-refractivity contribution in [3.8, 4) is 11.5 Å². The molecule has 0 aliphatic heterocycles. The lowest BCUT2D eigenvalue weighted by Gasteiger charge is -2.17. The number of nitrogens with zero attached hydrogens (tertiary/aromatic N) is 6. The molecule has 1 unspecified atom stereocenters. The van der Waals surface area contributed by atoms with E-state index in [2.05, 4.69) is 193 Å². The molecule has 7 aromatic rings. The van der Waals surface area contributed by atoms with Crippen molar-refractivity contribution >= 4 is 59.3 Å². The molecule has 25 heteroatoms. The van der Waals surface area contributed by atoms with Crippen LogP contribution < -0.4 is 25.4 Å². The molecule has 0 spiro atoms. The van der Waals surface area contributed by atoms with E-state index in [0.717, 1.165) is 44.1 Å². The van der Waals surface area contributed by atoms with Gasteiger partial charge in [0.25, 0.3) is 11.9 Å². The molecule has 0 aliphatic carbocycles. The van der Waals surface area contributed by atoms with Crippen molar-refractivity contribution in [1.82, 2.24) is 29.2 Å². The monoisotopic (exact) mass is 1510 g/mol. The fourth-order valence-corrected chi connectivity index (χ4v) is 10.8. The van der Waals surface area contributed by atoms with Crippen LogP contribution in [-0.2, 0) is 55.6 Å². The van der Waals surface area contributed by atoms with Gasteiger partial charge in [-0.2, -0.15) is 5.10 Å². The second-order valence-electron chi connectivity index (χ2n) is 18.6. The quantitative estimate of drug-likeness (QED) is 0.0215. The molecule has 2 heterocycles. The van der Waals surface area contributed by atoms with Gasteiger partial charge in [0.05, 0.1) is 78.0 Å². The standard InChI is InChI=1S/C14H12O2.C14H13P.C10H21NO2.C10H11P.C6H11O3P.C6H12O3.C6H12O2.C5H6N2.C4H5N3.C4H9O3P/c1-12(15-13-8-4-2-5-9-13)16-14-10-6-3-7-11-14;1-2-15(13-9-5-3-6-10-13)14-11-7-4-8-12-14;1-4-11(5-2)7-8-13-10-9-12-6-3;1-3-11(4-2)10-8-6-5-7-9-10;1-4-8-10(7,6-3)9-5-2;1-2-8-5-6-9-4-3-7;1-4-7-6(3)8-5-2;1-2-7-4-3-6-5-7;1-2-7-4-5-3-6-7;1-4-8(5,6-2)7-3/h2-11H,1H2;2-12H,1H2;6H,3-5,7-10H2,1-2H3;3-9H,1-2H2;4,6H,1,3,5H2,2H3;2,7H,1,3-6H2;3-5H2,1-2H3;2-5H,1H2;2-4H,1H2;4H,1H2,2-3H3. The van der Waals surface area contributed by atoms with Gasteiger partial charge in [-0.15, -0.1) is 0 Å². The third-order valence-electron chi connectivity index (χ3n) is 11.7. The van der Waals surface area contributed by atoms with Crippen LogP contribution in [0.2, 0.25) is 0 Å². The highest BCUT2D eigenvalue weighted by molar-refractivity contribution is 7.75. The second-order valence-corrected chi connectivity index (χ2v) is 26.9. The zero-order valence-corrected chi connectivity index (χ0v) is 65.5. The van der Waals surface area contributed by atoms with E-state index in [9.17, 15) is 9.13 Å². The molecule has 0 bridgehead atoms. The molecule has 21 nitrogen and oxygen atoms in total. The SMILES string of the molecule is C=C(OCC)OCC.C=C(Oc1ccccc1)Oc1ccccc1.C=COCCOCCN(CC)CC.C=COCCOCCO.C=COP(=O)(C=C)OCC.C=CP(=O)(OC)OC.C=CP(C=C)c1ccccc1.C=CP(c1ccccc1)c1ccccc1.C=Cn1ccnc1.C=Cn1cncn1. The number of para-hydroxylation sites is 2. The van der Waals surface area contributed by atoms with Crippen LogP contribution in [0.25, 0.3) is 12.4 Å². The Balaban J connectivity index is -0.00000110. The summed E-state index contributed by atoms with van der Waals surface area (Å²) in [5.74, 6) is 10.4. The fourth-order valence-electron chi connectivity index (χ4n) is 6.75. The number of imidazole rings is 1. The molecule has 1 atom stereocenters. The largest absolute Gasteiger partial charge is 0.499 e. The van der Waals surface area contributed by atoms with Crippen LogP contribution in [0.15, 0.2) is 322 Å². The number of hydrogen-bond donors (Lipinski definition) is 1. The normalized spacial score (nSPS) is 10.1. The summed E-state index contributed by atoms with van der Waals surface area (Å²) in [6.45, 7) is 60.3. The lowest BCUT2D eigenvalue weighted by Crippen LogP contribution is -2.27. The van der Waals surface area contributed by atoms with Gasteiger partial charge in [0.2, 0.25) is 0 Å². The summed E-state index contributed by atoms with van der Waals surface area (Å²) in [4.78, 5) is 9.79. The van der Waals surface area contributed by atoms with E-state index in [-0.39, 0.29) is 28.4 Å². The van der Waals surface area contributed by atoms with Crippen LogP contribution in [0, 0.1) is 0 Å². The number of aliphatic hydroxyl groups excluding tert-OH is 1. The first-order valence-electron chi connectivity index (χ1n) is 32.7. The van der Waals surface area contributed by atoms with Crippen molar-refractivity contribution in [1.29, 1.82) is 0 Å². The summed E-state index contributed by atoms with van der Waals surface area (Å²) in [5, 5.41) is 16.0. The first kappa shape index (κ1) is 99.1. The van der Waals surface area contributed by atoms with Crippen molar-refractivity contribution in [3.63, 3.8) is 0 Å². The van der Waals surface area contributed by atoms with E-state index in [1.165, 1.54) is 53.7 Å². The summed E-state index contributed by atoms with van der Waals surface area (Å²) in [6, 6.07) is 50.2. The van der Waals surface area contributed by atoms with Crippen molar-refractivity contribution in [2.75, 3.05) is 99.9 Å². The second kappa shape index (κ2) is 71.0. The van der Waals surface area contributed by atoms with Gasteiger partial charge in [-0.1, -0.05) is 224 Å². The average molecular weight is 1510 g/mol. The molecule has 104 heavy (non-hydrogen) atoms. The van der Waals surface area contributed by atoms with E-state index in [1.807, 2.05) is 123 Å². The van der Waals surface area contributed by atoms with Crippen LogP contribution in [0.5, 0.6) is 11.5 Å². The number of benzene rings is 5. The highest BCUT2D eigenvalue weighted by Crippen LogP contribution is 2.49. The number of hydrogen-bond acceptors (Lipinski definition) is 19. The lowest BCUT2D eigenvalue weighted by atomic mass is 10.3. The highest BCUT2D eigenvalue weighted by Gasteiger charge is 2.17. The third kappa shape index (κ3) is 55.6. The van der Waals surface area contributed by atoms with Crippen molar-refractivity contribution < 1.29 is 70.2 Å². The Bertz CT molecular complexity index is 3190. The minimum atomic E-state index is -3.05. The van der Waals surface area contributed by atoms with Crippen LogP contribution in [0.3, 0.4) is 0 Å². The minimum Gasteiger partial charge on any atom is -0.499 e. The van der Waals surface area contributed by atoms with Crippen LogP contribution in [0.1, 0.15) is 34.6 Å².